The Kier molecular flexibility index (Phi) is 4.23. The van der Waals surface area contributed by atoms with Gasteiger partial charge in [-0.25, -0.2) is 4.98 Å². The molecule has 0 saturated heterocycles. The van der Waals surface area contributed by atoms with Gasteiger partial charge >= 0.3 is 0 Å². The topological polar surface area (TPSA) is 12.9 Å². The van der Waals surface area contributed by atoms with E-state index in [9.17, 15) is 0 Å². The second-order valence-corrected chi connectivity index (χ2v) is 6.94. The lowest BCUT2D eigenvalue weighted by Gasteiger charge is -2.06. The van der Waals surface area contributed by atoms with E-state index in [1.807, 2.05) is 48.7 Å². The Morgan fingerprint density at radius 3 is 2.62 bits per heavy atom. The largest absolute Gasteiger partial charge is 0.235 e. The molecule has 2 aromatic heterocycles. The molecule has 0 N–H and O–H groups in total. The van der Waals surface area contributed by atoms with Crippen molar-refractivity contribution in [3.63, 3.8) is 0 Å². The van der Waals surface area contributed by atoms with Crippen molar-refractivity contribution in [1.82, 2.24) is 4.98 Å². The van der Waals surface area contributed by atoms with Crippen molar-refractivity contribution in [2.24, 2.45) is 0 Å². The van der Waals surface area contributed by atoms with Crippen LogP contribution in [0.4, 0.5) is 0 Å². The van der Waals surface area contributed by atoms with E-state index in [0.717, 1.165) is 31.9 Å². The molecule has 0 aliphatic heterocycles. The maximum absolute atomic E-state index is 6.27. The molecule has 1 nitrogen and oxygen atoms in total. The summed E-state index contributed by atoms with van der Waals surface area (Å²) in [6.07, 6.45) is 3.91. The Labute approximate surface area is 141 Å². The monoisotopic (exact) mass is 353 g/mol. The van der Waals surface area contributed by atoms with Gasteiger partial charge in [0.2, 0.25) is 0 Å². The number of thiophene rings is 1. The van der Waals surface area contributed by atoms with E-state index in [1.165, 1.54) is 11.3 Å². The third-order valence-electron chi connectivity index (χ3n) is 3.20. The van der Waals surface area contributed by atoms with Crippen LogP contribution in [0.2, 0.25) is 14.5 Å². The number of hydrogen-bond donors (Lipinski definition) is 0. The fourth-order valence-electron chi connectivity index (χ4n) is 2.06. The van der Waals surface area contributed by atoms with Gasteiger partial charge < -0.3 is 0 Å². The van der Waals surface area contributed by atoms with Gasteiger partial charge in [-0.3, -0.25) is 0 Å². The van der Waals surface area contributed by atoms with Crippen LogP contribution < -0.4 is 0 Å². The molecule has 21 heavy (non-hydrogen) atoms. The normalized spacial score (nSPS) is 11.6. The first-order valence-electron chi connectivity index (χ1n) is 6.22. The van der Waals surface area contributed by atoms with Crippen LogP contribution in [0, 0.1) is 6.92 Å². The molecule has 0 spiro atoms. The molecule has 3 aromatic rings. The second kappa shape index (κ2) is 5.98. The molecule has 0 saturated carbocycles. The van der Waals surface area contributed by atoms with E-state index in [4.69, 9.17) is 34.8 Å². The maximum atomic E-state index is 6.27. The van der Waals surface area contributed by atoms with E-state index in [2.05, 4.69) is 4.98 Å². The van der Waals surface area contributed by atoms with E-state index in [-0.39, 0.29) is 0 Å². The van der Waals surface area contributed by atoms with Gasteiger partial charge in [-0.2, -0.15) is 0 Å². The summed E-state index contributed by atoms with van der Waals surface area (Å²) in [5.74, 6) is 0. The highest BCUT2D eigenvalue weighted by atomic mass is 35.5. The Balaban J connectivity index is 2.05. The number of benzene rings is 1. The van der Waals surface area contributed by atoms with Crippen molar-refractivity contribution in [1.29, 1.82) is 0 Å². The van der Waals surface area contributed by atoms with Gasteiger partial charge in [0.1, 0.15) is 5.15 Å². The van der Waals surface area contributed by atoms with Crippen molar-refractivity contribution < 1.29 is 0 Å². The lowest BCUT2D eigenvalue weighted by molar-refractivity contribution is 1.36. The molecule has 1 aromatic carbocycles. The summed E-state index contributed by atoms with van der Waals surface area (Å²) in [7, 11) is 0. The average Bonchev–Trinajstić information content (AvgIpc) is 2.87. The Bertz CT molecular complexity index is 852. The smallest absolute Gasteiger partial charge is 0.137 e. The summed E-state index contributed by atoms with van der Waals surface area (Å²) >= 11 is 19.8. The third kappa shape index (κ3) is 3.09. The summed E-state index contributed by atoms with van der Waals surface area (Å²) in [6, 6.07) is 7.75. The minimum Gasteiger partial charge on any atom is -0.235 e. The molecular formula is C16H10Cl3NS. The second-order valence-electron chi connectivity index (χ2n) is 4.63. The summed E-state index contributed by atoms with van der Waals surface area (Å²) in [4.78, 5) is 4.46. The third-order valence-corrected chi connectivity index (χ3v) is 5.02. The zero-order valence-electron chi connectivity index (χ0n) is 11.0. The van der Waals surface area contributed by atoms with Crippen LogP contribution in [0.3, 0.4) is 0 Å². The lowest BCUT2D eigenvalue weighted by atomic mass is 10.1. The van der Waals surface area contributed by atoms with Gasteiger partial charge in [-0.05, 0) is 41.6 Å². The molecule has 0 bridgehead atoms. The zero-order chi connectivity index (χ0) is 15.0. The van der Waals surface area contributed by atoms with Gasteiger partial charge in [0, 0.05) is 16.0 Å². The summed E-state index contributed by atoms with van der Waals surface area (Å²) in [5.41, 5.74) is 3.70. The molecule has 0 atom stereocenters. The van der Waals surface area contributed by atoms with Crippen molar-refractivity contribution in [2.45, 2.75) is 6.92 Å². The summed E-state index contributed by atoms with van der Waals surface area (Å²) < 4.78 is 0.766. The van der Waals surface area contributed by atoms with E-state index < -0.39 is 0 Å². The Morgan fingerprint density at radius 2 is 1.90 bits per heavy atom. The molecule has 5 heteroatoms. The molecule has 2 heterocycles. The minimum atomic E-state index is 0.463. The van der Waals surface area contributed by atoms with Gasteiger partial charge in [0.15, 0.2) is 0 Å². The Morgan fingerprint density at radius 1 is 1.10 bits per heavy atom. The van der Waals surface area contributed by atoms with Crippen molar-refractivity contribution in [2.75, 3.05) is 0 Å². The first kappa shape index (κ1) is 14.9. The standard InChI is InChI=1S/C16H10Cl3NS/c1-9-13(17)5-4-11-7-12(16(19)20-15(9)11)3-2-10-6-14(18)21-8-10/h2-8H,1H3/b3-2+. The molecule has 0 aliphatic rings. The van der Waals surface area contributed by atoms with Gasteiger partial charge in [0.25, 0.3) is 0 Å². The predicted molar refractivity (Wildman–Crippen MR) is 94.8 cm³/mol. The lowest BCUT2D eigenvalue weighted by Crippen LogP contribution is -1.88. The first-order valence-corrected chi connectivity index (χ1v) is 8.23. The molecule has 106 valence electrons. The molecule has 0 fully saturated rings. The van der Waals surface area contributed by atoms with E-state index >= 15 is 0 Å². The van der Waals surface area contributed by atoms with Crippen LogP contribution in [0.5, 0.6) is 0 Å². The van der Waals surface area contributed by atoms with E-state index in [1.54, 1.807) is 0 Å². The molecule has 3 rings (SSSR count). The number of hydrogen-bond acceptors (Lipinski definition) is 2. The summed E-state index contributed by atoms with van der Waals surface area (Å²) in [5, 5.41) is 4.17. The van der Waals surface area contributed by atoms with Crippen LogP contribution in [0.1, 0.15) is 16.7 Å². The van der Waals surface area contributed by atoms with Crippen LogP contribution in [0.25, 0.3) is 23.1 Å². The number of pyridine rings is 1. The Hall–Kier alpha value is -1.06. The van der Waals surface area contributed by atoms with Crippen molar-refractivity contribution in [3.8, 4) is 0 Å². The van der Waals surface area contributed by atoms with Crippen molar-refractivity contribution in [3.05, 3.63) is 60.8 Å². The van der Waals surface area contributed by atoms with Gasteiger partial charge in [0.05, 0.1) is 9.85 Å². The fraction of sp³-hybridized carbons (Fsp3) is 0.0625. The fourth-order valence-corrected chi connectivity index (χ4v) is 3.28. The van der Waals surface area contributed by atoms with Crippen molar-refractivity contribution >= 4 is 69.2 Å². The molecule has 0 unspecified atom stereocenters. The highest BCUT2D eigenvalue weighted by Crippen LogP contribution is 2.29. The molecule has 0 aliphatic carbocycles. The highest BCUT2D eigenvalue weighted by molar-refractivity contribution is 7.14. The van der Waals surface area contributed by atoms with Crippen LogP contribution in [0.15, 0.2) is 29.6 Å². The predicted octanol–water partition coefficient (Wildman–Crippen LogP) is 6.74. The van der Waals surface area contributed by atoms with Gasteiger partial charge in [-0.1, -0.05) is 53.0 Å². The number of rotatable bonds is 2. The van der Waals surface area contributed by atoms with Crippen LogP contribution in [-0.2, 0) is 0 Å². The number of fused-ring (bicyclic) bond motifs is 1. The average molecular weight is 355 g/mol. The quantitative estimate of drug-likeness (QED) is 0.465. The first-order chi connectivity index (χ1) is 10.0. The number of aromatic nitrogens is 1. The number of halogens is 3. The maximum Gasteiger partial charge on any atom is 0.137 e. The molecular weight excluding hydrogens is 345 g/mol. The minimum absolute atomic E-state index is 0.463. The van der Waals surface area contributed by atoms with Crippen LogP contribution in [-0.4, -0.2) is 4.98 Å². The SMILES string of the molecule is Cc1c(Cl)ccc2cc(/C=C/c3csc(Cl)c3)c(Cl)nc12. The molecule has 0 amide bonds. The number of nitrogens with zero attached hydrogens (tertiary/aromatic N) is 1. The molecule has 0 radical (unpaired) electrons. The zero-order valence-corrected chi connectivity index (χ0v) is 14.1. The number of aryl methyl sites for hydroxylation is 1. The van der Waals surface area contributed by atoms with Crippen LogP contribution >= 0.6 is 46.1 Å². The highest BCUT2D eigenvalue weighted by Gasteiger charge is 2.07. The van der Waals surface area contributed by atoms with E-state index in [0.29, 0.717) is 10.2 Å². The summed E-state index contributed by atoms with van der Waals surface area (Å²) in [6.45, 7) is 1.94. The van der Waals surface area contributed by atoms with Gasteiger partial charge in [-0.15, -0.1) is 11.3 Å².